The van der Waals surface area contributed by atoms with E-state index in [2.05, 4.69) is 15.0 Å². The topological polar surface area (TPSA) is 78.9 Å². The van der Waals surface area contributed by atoms with Gasteiger partial charge in [-0.1, -0.05) is 23.7 Å². The molecule has 0 amide bonds. The van der Waals surface area contributed by atoms with E-state index in [-0.39, 0.29) is 16.7 Å². The predicted molar refractivity (Wildman–Crippen MR) is 77.3 cm³/mol. The van der Waals surface area contributed by atoms with Crippen molar-refractivity contribution >= 4 is 22.8 Å². The minimum atomic E-state index is -4.69. The quantitative estimate of drug-likeness (QED) is 0.711. The number of hydrogen-bond donors (Lipinski definition) is 2. The first-order valence-corrected chi connectivity index (χ1v) is 6.60. The molecule has 9 heteroatoms. The van der Waals surface area contributed by atoms with Crippen molar-refractivity contribution in [1.29, 1.82) is 0 Å². The minimum Gasteiger partial charge on any atom is -0.505 e. The fourth-order valence-corrected chi connectivity index (χ4v) is 2.52. The highest BCUT2D eigenvalue weighted by Gasteiger charge is 2.34. The molecule has 0 aliphatic carbocycles. The lowest BCUT2D eigenvalue weighted by atomic mass is 10.0. The highest BCUT2D eigenvalue weighted by Crippen LogP contribution is 2.41. The maximum atomic E-state index is 12.9. The lowest BCUT2D eigenvalue weighted by Gasteiger charge is -2.13. The minimum absolute atomic E-state index is 0.0156. The Morgan fingerprint density at radius 3 is 2.57 bits per heavy atom. The zero-order chi connectivity index (χ0) is 16.8. The summed E-state index contributed by atoms with van der Waals surface area (Å²) in [6.45, 7) is 0. The number of halogens is 4. The van der Waals surface area contributed by atoms with E-state index in [1.165, 1.54) is 18.5 Å². The van der Waals surface area contributed by atoms with Crippen LogP contribution in [0.1, 0.15) is 5.56 Å². The fourth-order valence-electron chi connectivity index (χ4n) is 2.19. The van der Waals surface area contributed by atoms with Crippen LogP contribution in [0.25, 0.3) is 22.3 Å². The van der Waals surface area contributed by atoms with Gasteiger partial charge in [-0.2, -0.15) is 13.2 Å². The number of hydrogen-bond acceptors (Lipinski definition) is 4. The van der Waals surface area contributed by atoms with Crippen molar-refractivity contribution in [2.45, 2.75) is 6.18 Å². The van der Waals surface area contributed by atoms with Crippen molar-refractivity contribution in [3.63, 3.8) is 0 Å². The van der Waals surface area contributed by atoms with Gasteiger partial charge >= 0.3 is 6.18 Å². The number of pyridine rings is 1. The number of aromatic nitrogens is 3. The second kappa shape index (κ2) is 5.24. The molecule has 0 aliphatic heterocycles. The van der Waals surface area contributed by atoms with Crippen LogP contribution in [0, 0.1) is 0 Å². The number of aromatic amines is 1. The molecule has 2 heterocycles. The molecule has 0 radical (unpaired) electrons. The van der Waals surface area contributed by atoms with Gasteiger partial charge in [0.25, 0.3) is 5.56 Å². The average Bonchev–Trinajstić information content (AvgIpc) is 2.47. The Morgan fingerprint density at radius 2 is 1.87 bits per heavy atom. The molecule has 0 spiro atoms. The number of nitrogens with one attached hydrogen (secondary N) is 1. The molecular formula is C14H7ClF3N3O2. The number of rotatable bonds is 1. The molecule has 0 atom stereocenters. The Morgan fingerprint density at radius 1 is 1.17 bits per heavy atom. The maximum absolute atomic E-state index is 12.9. The monoisotopic (exact) mass is 341 g/mol. The van der Waals surface area contributed by atoms with Gasteiger partial charge in [0.15, 0.2) is 11.4 Å². The first-order chi connectivity index (χ1) is 10.8. The summed E-state index contributed by atoms with van der Waals surface area (Å²) in [4.78, 5) is 22.2. The lowest BCUT2D eigenvalue weighted by molar-refractivity contribution is -0.137. The van der Waals surface area contributed by atoms with E-state index in [1.54, 1.807) is 0 Å². The number of nitrogens with zero attached hydrogens (tertiary/aromatic N) is 2. The first kappa shape index (κ1) is 15.3. The average molecular weight is 342 g/mol. The summed E-state index contributed by atoms with van der Waals surface area (Å²) in [5.74, 6) is -0.585. The molecule has 0 saturated carbocycles. The van der Waals surface area contributed by atoms with Crippen LogP contribution in [-0.4, -0.2) is 20.1 Å². The normalized spacial score (nSPS) is 11.8. The van der Waals surface area contributed by atoms with Crippen LogP contribution >= 0.6 is 11.6 Å². The number of fused-ring (bicyclic) bond motifs is 1. The standard InChI is InChI=1S/C14H7ClF3N3O2/c15-9-6(2-1-3-7(9)14(16,17)18)8-11(22)10-12(21-13(8)23)20-5-4-19-10/h1-5H,(H2,20,21,22,23). The molecule has 3 aromatic rings. The lowest BCUT2D eigenvalue weighted by Crippen LogP contribution is -2.12. The first-order valence-electron chi connectivity index (χ1n) is 6.22. The van der Waals surface area contributed by atoms with Gasteiger partial charge < -0.3 is 10.1 Å². The molecule has 118 valence electrons. The summed E-state index contributed by atoms with van der Waals surface area (Å²) in [5, 5.41) is 9.56. The summed E-state index contributed by atoms with van der Waals surface area (Å²) >= 11 is 5.80. The smallest absolute Gasteiger partial charge is 0.417 e. The molecular weight excluding hydrogens is 335 g/mol. The highest BCUT2D eigenvalue weighted by atomic mass is 35.5. The largest absolute Gasteiger partial charge is 0.505 e. The van der Waals surface area contributed by atoms with Crippen molar-refractivity contribution in [3.05, 3.63) is 51.5 Å². The Bertz CT molecular complexity index is 970. The van der Waals surface area contributed by atoms with Crippen molar-refractivity contribution in [3.8, 4) is 16.9 Å². The molecule has 3 rings (SSSR count). The predicted octanol–water partition coefficient (Wildman–Crippen LogP) is 3.36. The van der Waals surface area contributed by atoms with Gasteiger partial charge in [0.2, 0.25) is 0 Å². The second-order valence-corrected chi connectivity index (χ2v) is 4.97. The van der Waals surface area contributed by atoms with E-state index in [0.29, 0.717) is 0 Å². The molecule has 2 N–H and O–H groups in total. The number of benzene rings is 1. The van der Waals surface area contributed by atoms with Gasteiger partial charge in [0.05, 0.1) is 16.1 Å². The van der Waals surface area contributed by atoms with Crippen molar-refractivity contribution in [2.75, 3.05) is 0 Å². The number of alkyl halides is 3. The van der Waals surface area contributed by atoms with Gasteiger partial charge in [-0.15, -0.1) is 0 Å². The summed E-state index contributed by atoms with van der Waals surface area (Å²) in [5.41, 5.74) is -2.59. The van der Waals surface area contributed by atoms with Crippen molar-refractivity contribution in [2.24, 2.45) is 0 Å². The summed E-state index contributed by atoms with van der Waals surface area (Å²) in [6.07, 6.45) is -2.11. The third-order valence-corrected chi connectivity index (χ3v) is 3.60. The zero-order valence-electron chi connectivity index (χ0n) is 11.1. The van der Waals surface area contributed by atoms with Crippen LogP contribution in [0.5, 0.6) is 5.75 Å². The van der Waals surface area contributed by atoms with Gasteiger partial charge in [0, 0.05) is 18.0 Å². The summed E-state index contributed by atoms with van der Waals surface area (Å²) < 4.78 is 38.8. The molecule has 0 aliphatic rings. The Hall–Kier alpha value is -2.61. The van der Waals surface area contributed by atoms with Gasteiger partial charge in [-0.3, -0.25) is 4.79 Å². The van der Waals surface area contributed by atoms with Crippen LogP contribution in [0.3, 0.4) is 0 Å². The number of H-pyrrole nitrogens is 1. The third kappa shape index (κ3) is 2.50. The van der Waals surface area contributed by atoms with Crippen LogP contribution in [0.2, 0.25) is 5.02 Å². The van der Waals surface area contributed by atoms with E-state index in [4.69, 9.17) is 11.6 Å². The summed E-state index contributed by atoms with van der Waals surface area (Å²) in [6, 6.07) is 3.10. The van der Waals surface area contributed by atoms with E-state index in [9.17, 15) is 23.1 Å². The second-order valence-electron chi connectivity index (χ2n) is 4.60. The fraction of sp³-hybridized carbons (Fsp3) is 0.0714. The third-order valence-electron chi connectivity index (χ3n) is 3.19. The Labute approximate surface area is 131 Å². The van der Waals surface area contributed by atoms with Gasteiger partial charge in [-0.05, 0) is 6.07 Å². The van der Waals surface area contributed by atoms with E-state index < -0.39 is 33.6 Å². The van der Waals surface area contributed by atoms with E-state index >= 15 is 0 Å². The maximum Gasteiger partial charge on any atom is 0.417 e. The molecule has 0 bridgehead atoms. The molecule has 2 aromatic heterocycles. The summed E-state index contributed by atoms with van der Waals surface area (Å²) in [7, 11) is 0. The van der Waals surface area contributed by atoms with Crippen molar-refractivity contribution < 1.29 is 18.3 Å². The van der Waals surface area contributed by atoms with Crippen LogP contribution in [0.15, 0.2) is 35.4 Å². The van der Waals surface area contributed by atoms with Crippen LogP contribution in [0.4, 0.5) is 13.2 Å². The van der Waals surface area contributed by atoms with Crippen LogP contribution in [-0.2, 0) is 6.18 Å². The molecule has 23 heavy (non-hydrogen) atoms. The molecule has 0 unspecified atom stereocenters. The SMILES string of the molecule is O=c1[nH]c2nccnc2c(O)c1-c1cccc(C(F)(F)F)c1Cl. The molecule has 1 aromatic carbocycles. The highest BCUT2D eigenvalue weighted by molar-refractivity contribution is 6.34. The van der Waals surface area contributed by atoms with Crippen LogP contribution < -0.4 is 5.56 Å². The van der Waals surface area contributed by atoms with Crippen molar-refractivity contribution in [1.82, 2.24) is 15.0 Å². The molecule has 0 fully saturated rings. The Kier molecular flexibility index (Phi) is 3.48. The van der Waals surface area contributed by atoms with E-state index in [0.717, 1.165) is 12.1 Å². The van der Waals surface area contributed by atoms with E-state index in [1.807, 2.05) is 0 Å². The molecule has 0 saturated heterocycles. The number of aromatic hydroxyl groups is 1. The van der Waals surface area contributed by atoms with Gasteiger partial charge in [-0.25, -0.2) is 9.97 Å². The zero-order valence-corrected chi connectivity index (χ0v) is 11.9. The Balaban J connectivity index is 2.37. The molecule has 5 nitrogen and oxygen atoms in total. The van der Waals surface area contributed by atoms with Gasteiger partial charge in [0.1, 0.15) is 5.52 Å².